The molecule has 0 radical (unpaired) electrons. The highest BCUT2D eigenvalue weighted by molar-refractivity contribution is 6.23. The van der Waals surface area contributed by atoms with Crippen LogP contribution >= 0.6 is 0 Å². The number of hydrogen-bond acceptors (Lipinski definition) is 8. The average molecular weight is 556 g/mol. The summed E-state index contributed by atoms with van der Waals surface area (Å²) in [6.45, 7) is 1.09. The van der Waals surface area contributed by atoms with Crippen LogP contribution in [0.5, 0.6) is 5.75 Å². The Morgan fingerprint density at radius 1 is 1.10 bits per heavy atom. The van der Waals surface area contributed by atoms with Crippen LogP contribution < -0.4 is 4.90 Å². The van der Waals surface area contributed by atoms with Crippen molar-refractivity contribution in [2.75, 3.05) is 19.0 Å². The van der Waals surface area contributed by atoms with Gasteiger partial charge >= 0.3 is 0 Å². The molecular weight excluding hydrogens is 522 g/mol. The van der Waals surface area contributed by atoms with Crippen LogP contribution in [0.2, 0.25) is 0 Å². The number of anilines is 1. The van der Waals surface area contributed by atoms with Crippen molar-refractivity contribution in [1.82, 2.24) is 0 Å². The summed E-state index contributed by atoms with van der Waals surface area (Å²) in [6.07, 6.45) is 7.53. The molecule has 0 spiro atoms. The summed E-state index contributed by atoms with van der Waals surface area (Å²) in [5, 5.41) is 45.3. The number of Topliss-reactive ketones (excluding diaryl/α,β-unsaturated/α-hetero) is 3. The van der Waals surface area contributed by atoms with E-state index < -0.39 is 51.9 Å². The van der Waals surface area contributed by atoms with Crippen LogP contribution in [-0.4, -0.2) is 57.5 Å². The summed E-state index contributed by atoms with van der Waals surface area (Å²) in [6, 6.07) is 9.59. The third kappa shape index (κ3) is 4.41. The summed E-state index contributed by atoms with van der Waals surface area (Å²) in [4.78, 5) is 40.4. The molecule has 4 N–H and O–H groups in total. The van der Waals surface area contributed by atoms with Crippen molar-refractivity contribution < 1.29 is 34.8 Å². The maximum absolute atomic E-state index is 13.8. The van der Waals surface area contributed by atoms with E-state index in [0.717, 1.165) is 30.2 Å². The number of rotatable bonds is 6. The quantitative estimate of drug-likeness (QED) is 0.313. The van der Waals surface area contributed by atoms with Gasteiger partial charge in [-0.2, -0.15) is 0 Å². The molecule has 3 atom stereocenters. The highest BCUT2D eigenvalue weighted by Gasteiger charge is 2.60. The minimum Gasteiger partial charge on any atom is -0.508 e. The number of aliphatic hydroxyl groups excluding tert-OH is 2. The van der Waals surface area contributed by atoms with Gasteiger partial charge in [-0.15, -0.1) is 6.42 Å². The van der Waals surface area contributed by atoms with Gasteiger partial charge in [0.2, 0.25) is 5.78 Å². The van der Waals surface area contributed by atoms with E-state index in [0.29, 0.717) is 24.0 Å². The van der Waals surface area contributed by atoms with Gasteiger partial charge in [0.15, 0.2) is 17.2 Å². The number of aliphatic hydroxyl groups is 3. The van der Waals surface area contributed by atoms with Crippen molar-refractivity contribution in [2.24, 2.45) is 11.8 Å². The van der Waals surface area contributed by atoms with E-state index in [4.69, 9.17) is 6.42 Å². The second kappa shape index (κ2) is 10.2. The Morgan fingerprint density at radius 2 is 1.78 bits per heavy atom. The number of fused-ring (bicyclic) bond motifs is 3. The summed E-state index contributed by atoms with van der Waals surface area (Å²) in [5.41, 5.74) is 0.888. The number of nitrogens with zero attached hydrogens (tertiary/aromatic N) is 1. The molecule has 8 heteroatoms. The number of phenolic OH excluding ortho intramolecular Hbond substituents is 1. The smallest absolute Gasteiger partial charge is 0.202 e. The predicted octanol–water partition coefficient (Wildman–Crippen LogP) is 3.75. The van der Waals surface area contributed by atoms with Crippen molar-refractivity contribution in [3.05, 3.63) is 75.1 Å². The van der Waals surface area contributed by atoms with Crippen molar-refractivity contribution in [3.8, 4) is 18.1 Å². The van der Waals surface area contributed by atoms with Gasteiger partial charge in [-0.05, 0) is 79.8 Å². The zero-order chi connectivity index (χ0) is 29.8. The number of carbonyl (C=O) groups excluding carboxylic acids is 3. The molecule has 1 saturated carbocycles. The van der Waals surface area contributed by atoms with Gasteiger partial charge < -0.3 is 25.3 Å². The highest BCUT2D eigenvalue weighted by Crippen LogP contribution is 2.53. The zero-order valence-corrected chi connectivity index (χ0v) is 23.3. The molecule has 2 aromatic rings. The maximum atomic E-state index is 13.8. The maximum Gasteiger partial charge on any atom is 0.202 e. The lowest BCUT2D eigenvalue weighted by Gasteiger charge is -2.46. The first-order valence-corrected chi connectivity index (χ1v) is 13.7. The molecule has 2 aromatic carbocycles. The fraction of sp³-hybridized carbons (Fsp3) is 0.364. The largest absolute Gasteiger partial charge is 0.508 e. The number of terminal acetylenes is 1. The van der Waals surface area contributed by atoms with E-state index in [1.54, 1.807) is 0 Å². The van der Waals surface area contributed by atoms with E-state index >= 15 is 0 Å². The molecule has 41 heavy (non-hydrogen) atoms. The zero-order valence-electron chi connectivity index (χ0n) is 23.3. The minimum absolute atomic E-state index is 0.106. The number of ketones is 3. The molecule has 8 nitrogen and oxygen atoms in total. The number of allylic oxidation sites excluding steroid dienone is 1. The molecule has 212 valence electrons. The summed E-state index contributed by atoms with van der Waals surface area (Å²) >= 11 is 0. The summed E-state index contributed by atoms with van der Waals surface area (Å²) in [7, 11) is 3.72. The summed E-state index contributed by atoms with van der Waals surface area (Å²) in [5.74, 6) is -2.75. The molecule has 3 aliphatic rings. The molecule has 0 aliphatic heterocycles. The first-order valence-electron chi connectivity index (χ1n) is 13.7. The third-order valence-electron chi connectivity index (χ3n) is 8.74. The third-order valence-corrected chi connectivity index (χ3v) is 8.74. The second-order valence-corrected chi connectivity index (χ2v) is 11.4. The van der Waals surface area contributed by atoms with Crippen LogP contribution in [0, 0.1) is 24.2 Å². The monoisotopic (exact) mass is 555 g/mol. The van der Waals surface area contributed by atoms with E-state index in [1.165, 1.54) is 0 Å². The Balaban J connectivity index is 1.55. The fourth-order valence-corrected chi connectivity index (χ4v) is 6.67. The van der Waals surface area contributed by atoms with Crippen LogP contribution in [0.3, 0.4) is 0 Å². The first-order chi connectivity index (χ1) is 19.4. The average Bonchev–Trinajstić information content (AvgIpc) is 2.91. The standard InChI is InChI=1S/C33H33NO7/c1-5-18-9-11-19(12-10-18)7-6-8-20-15-24(34(3)4)23-14-21-13-22-16-25(36)26(17(2)35)31(39)33(22,41)32(40)27(21)30(38)28(23)29(20)37/h1,9-12,15,21-22,37-39,41H,6-8,13-14,16H2,2-4H3/t21-,22+,33-/m1/s1. The Morgan fingerprint density at radius 3 is 2.39 bits per heavy atom. The molecular formula is C33H33NO7. The fourth-order valence-electron chi connectivity index (χ4n) is 6.67. The van der Waals surface area contributed by atoms with Crippen molar-refractivity contribution >= 4 is 28.8 Å². The summed E-state index contributed by atoms with van der Waals surface area (Å²) < 4.78 is 0. The first kappa shape index (κ1) is 28.2. The van der Waals surface area contributed by atoms with Gasteiger partial charge in [0, 0.05) is 43.3 Å². The lowest BCUT2D eigenvalue weighted by atomic mass is 9.59. The Hall–Kier alpha value is -4.35. The molecule has 3 aliphatic carbocycles. The number of hydrogen-bond donors (Lipinski definition) is 4. The number of carbonyl (C=O) groups is 3. The van der Waals surface area contributed by atoms with Gasteiger partial charge in [0.1, 0.15) is 22.8 Å². The van der Waals surface area contributed by atoms with Crippen molar-refractivity contribution in [2.45, 2.75) is 51.0 Å². The molecule has 0 amide bonds. The minimum atomic E-state index is -2.50. The van der Waals surface area contributed by atoms with Crippen molar-refractivity contribution in [3.63, 3.8) is 0 Å². The van der Waals surface area contributed by atoms with E-state index in [1.807, 2.05) is 49.3 Å². The lowest BCUT2D eigenvalue weighted by molar-refractivity contribution is -0.147. The number of aryl methyl sites for hydroxylation is 2. The molecule has 0 bridgehead atoms. The van der Waals surface area contributed by atoms with Crippen LogP contribution in [0.1, 0.15) is 54.0 Å². The van der Waals surface area contributed by atoms with Gasteiger partial charge in [-0.25, -0.2) is 0 Å². The Kier molecular flexibility index (Phi) is 7.04. The molecule has 0 saturated heterocycles. The van der Waals surface area contributed by atoms with E-state index in [-0.39, 0.29) is 36.1 Å². The normalized spacial score (nSPS) is 23.5. The second-order valence-electron chi connectivity index (χ2n) is 11.4. The van der Waals surface area contributed by atoms with Gasteiger partial charge in [0.05, 0.1) is 5.56 Å². The van der Waals surface area contributed by atoms with Gasteiger partial charge in [0.25, 0.3) is 0 Å². The topological polar surface area (TPSA) is 135 Å². The molecule has 5 rings (SSSR count). The molecule has 0 unspecified atom stereocenters. The Bertz CT molecular complexity index is 1590. The predicted molar refractivity (Wildman–Crippen MR) is 154 cm³/mol. The Labute approximate surface area is 238 Å². The molecule has 0 heterocycles. The van der Waals surface area contributed by atoms with E-state index in [9.17, 15) is 34.8 Å². The number of aromatic hydroxyl groups is 1. The van der Waals surface area contributed by atoms with Crippen LogP contribution in [0.15, 0.2) is 47.2 Å². The molecule has 0 aromatic heterocycles. The highest BCUT2D eigenvalue weighted by atomic mass is 16.3. The van der Waals surface area contributed by atoms with Crippen LogP contribution in [0.25, 0.3) is 5.76 Å². The van der Waals surface area contributed by atoms with Gasteiger partial charge in [-0.3, -0.25) is 14.4 Å². The SMILES string of the molecule is C#Cc1ccc(CCCc2cc(N(C)C)c3c(c2O)C(O)=C2C(=O)[C@]4(O)C(O)=C(C(C)=O)C(=O)C[C@@H]4C[C@@H]2C3)cc1. The van der Waals surface area contributed by atoms with Crippen LogP contribution in [0.4, 0.5) is 5.69 Å². The number of phenols is 1. The molecule has 1 fully saturated rings. The van der Waals surface area contributed by atoms with E-state index in [2.05, 4.69) is 5.92 Å². The van der Waals surface area contributed by atoms with Crippen LogP contribution in [-0.2, 0) is 33.6 Å². The van der Waals surface area contributed by atoms with Gasteiger partial charge in [-0.1, -0.05) is 18.1 Å². The van der Waals surface area contributed by atoms with Crippen molar-refractivity contribution in [1.29, 1.82) is 0 Å². The lowest BCUT2D eigenvalue weighted by Crippen LogP contribution is -2.57. The number of benzene rings is 2.